The normalized spacial score (nSPS) is 12.5. The van der Waals surface area contributed by atoms with Gasteiger partial charge in [-0.2, -0.15) is 20.4 Å². The second-order valence-corrected chi connectivity index (χ2v) is 13.4. The zero-order chi connectivity index (χ0) is 29.5. The molecule has 2 aromatic heterocycles. The molecule has 8 nitrogen and oxygen atoms in total. The van der Waals surface area contributed by atoms with Crippen molar-refractivity contribution in [2.75, 3.05) is 0 Å². The van der Waals surface area contributed by atoms with Gasteiger partial charge in [-0.05, 0) is 36.4 Å². The molecule has 43 heavy (non-hydrogen) atoms. The number of rotatable bonds is 10. The minimum Gasteiger partial charge on any atom is -0.512 e. The van der Waals surface area contributed by atoms with Crippen molar-refractivity contribution in [2.45, 2.75) is 13.1 Å². The minimum atomic E-state index is -2.70. The molecule has 0 aliphatic heterocycles. The van der Waals surface area contributed by atoms with Crippen LogP contribution in [0.25, 0.3) is 21.8 Å². The summed E-state index contributed by atoms with van der Waals surface area (Å²) in [6.45, 7) is 4.00. The van der Waals surface area contributed by atoms with Crippen molar-refractivity contribution < 1.29 is 8.85 Å². The molecule has 0 amide bonds. The maximum absolute atomic E-state index is 6.46. The van der Waals surface area contributed by atoms with Crippen LogP contribution < -0.4 is 8.85 Å². The summed E-state index contributed by atoms with van der Waals surface area (Å²) in [5.41, 5.74) is 5.69. The van der Waals surface area contributed by atoms with E-state index >= 15 is 0 Å². The maximum Gasteiger partial charge on any atom is 0.454 e. The Balaban J connectivity index is 1.13. The molecule has 9 heteroatoms. The summed E-state index contributed by atoms with van der Waals surface area (Å²) in [5.74, 6) is 1.36. The van der Waals surface area contributed by atoms with E-state index in [1.807, 2.05) is 110 Å². The van der Waals surface area contributed by atoms with Crippen LogP contribution in [0.1, 0.15) is 22.3 Å². The highest BCUT2D eigenvalue weighted by Gasteiger charge is 2.30. The fourth-order valence-electron chi connectivity index (χ4n) is 4.69. The second kappa shape index (κ2) is 12.5. The molecule has 4 aromatic carbocycles. The van der Waals surface area contributed by atoms with Gasteiger partial charge in [0.1, 0.15) is 11.5 Å². The number of hydrogen-bond acceptors (Lipinski definition) is 6. The van der Waals surface area contributed by atoms with Crippen LogP contribution in [0.15, 0.2) is 130 Å². The Hall–Kier alpha value is -5.54. The summed E-state index contributed by atoms with van der Waals surface area (Å²) in [7, 11) is -2.70. The molecule has 6 aromatic rings. The molecule has 0 bridgehead atoms. The molecule has 6 rings (SSSR count). The van der Waals surface area contributed by atoms with Crippen molar-refractivity contribution in [1.82, 2.24) is 9.97 Å². The SMILES string of the molecule is C[Si](C)(Oc1ccccc1/C=N/N=C/c1c[nH]c2ccccc12)Oc1ccccc1/C=N/N=C/c1c[nH]c2ccccc12. The van der Waals surface area contributed by atoms with E-state index in [2.05, 4.69) is 42.5 Å². The van der Waals surface area contributed by atoms with E-state index in [1.54, 1.807) is 24.9 Å². The third-order valence-corrected chi connectivity index (χ3v) is 8.14. The van der Waals surface area contributed by atoms with Gasteiger partial charge in [0.15, 0.2) is 0 Å². The van der Waals surface area contributed by atoms with Crippen LogP contribution in [0, 0.1) is 0 Å². The molecule has 0 atom stereocenters. The van der Waals surface area contributed by atoms with Crippen LogP contribution in [0.2, 0.25) is 13.1 Å². The molecule has 0 aliphatic rings. The van der Waals surface area contributed by atoms with Crippen molar-refractivity contribution in [2.24, 2.45) is 20.4 Å². The van der Waals surface area contributed by atoms with Crippen LogP contribution >= 0.6 is 0 Å². The molecule has 212 valence electrons. The van der Waals surface area contributed by atoms with Crippen molar-refractivity contribution in [3.05, 3.63) is 132 Å². The predicted octanol–water partition coefficient (Wildman–Crippen LogP) is 7.71. The quantitative estimate of drug-likeness (QED) is 0.0982. The molecule has 0 saturated carbocycles. The lowest BCUT2D eigenvalue weighted by atomic mass is 10.2. The second-order valence-electron chi connectivity index (χ2n) is 10.2. The van der Waals surface area contributed by atoms with E-state index in [-0.39, 0.29) is 0 Å². The Morgan fingerprint density at radius 2 is 0.860 bits per heavy atom. The molecular weight excluding hydrogens is 553 g/mol. The Bertz CT molecular complexity index is 1840. The zero-order valence-electron chi connectivity index (χ0n) is 23.8. The maximum atomic E-state index is 6.46. The molecule has 0 radical (unpaired) electrons. The summed E-state index contributed by atoms with van der Waals surface area (Å²) in [6.07, 6.45) is 10.7. The molecule has 0 unspecified atom stereocenters. The summed E-state index contributed by atoms with van der Waals surface area (Å²) in [4.78, 5) is 6.49. The number of nitrogens with one attached hydrogen (secondary N) is 2. The molecule has 2 N–H and O–H groups in total. The largest absolute Gasteiger partial charge is 0.512 e. The van der Waals surface area contributed by atoms with Gasteiger partial charge in [-0.25, -0.2) is 0 Å². The number of aromatic amines is 2. The van der Waals surface area contributed by atoms with Crippen LogP contribution in [0.5, 0.6) is 11.5 Å². The highest BCUT2D eigenvalue weighted by Crippen LogP contribution is 2.25. The average molecular weight is 583 g/mol. The predicted molar refractivity (Wildman–Crippen MR) is 179 cm³/mol. The van der Waals surface area contributed by atoms with Gasteiger partial charge in [0.05, 0.1) is 24.9 Å². The highest BCUT2D eigenvalue weighted by atomic mass is 28.4. The van der Waals surface area contributed by atoms with Gasteiger partial charge in [-0.15, -0.1) is 0 Å². The molecular formula is C34H30N6O2Si. The van der Waals surface area contributed by atoms with Crippen molar-refractivity contribution in [1.29, 1.82) is 0 Å². The lowest BCUT2D eigenvalue weighted by Gasteiger charge is -2.26. The third-order valence-electron chi connectivity index (χ3n) is 6.71. The Kier molecular flexibility index (Phi) is 8.05. The van der Waals surface area contributed by atoms with Crippen LogP contribution in [-0.4, -0.2) is 43.4 Å². The fraction of sp³-hybridized carbons (Fsp3) is 0.0588. The summed E-state index contributed by atoms with van der Waals surface area (Å²) in [6, 6.07) is 31.6. The number of fused-ring (bicyclic) bond motifs is 2. The van der Waals surface area contributed by atoms with Gasteiger partial charge in [0.25, 0.3) is 0 Å². The molecule has 0 saturated heterocycles. The number of benzene rings is 4. The monoisotopic (exact) mass is 582 g/mol. The number of hydrogen-bond donors (Lipinski definition) is 2. The average Bonchev–Trinajstić information content (AvgIpc) is 3.63. The Morgan fingerprint density at radius 3 is 1.33 bits per heavy atom. The van der Waals surface area contributed by atoms with E-state index < -0.39 is 8.56 Å². The molecule has 0 aliphatic carbocycles. The number of aromatic nitrogens is 2. The van der Waals surface area contributed by atoms with E-state index in [4.69, 9.17) is 8.85 Å². The first kappa shape index (κ1) is 27.6. The van der Waals surface area contributed by atoms with Gasteiger partial charge in [0, 0.05) is 69.5 Å². The van der Waals surface area contributed by atoms with Gasteiger partial charge in [-0.1, -0.05) is 60.7 Å². The van der Waals surface area contributed by atoms with Gasteiger partial charge >= 0.3 is 8.56 Å². The van der Waals surface area contributed by atoms with E-state index in [9.17, 15) is 0 Å². The van der Waals surface area contributed by atoms with Gasteiger partial charge in [0.2, 0.25) is 0 Å². The summed E-state index contributed by atoms with van der Waals surface area (Å²) >= 11 is 0. The molecule has 2 heterocycles. The van der Waals surface area contributed by atoms with E-state index in [0.717, 1.165) is 44.1 Å². The van der Waals surface area contributed by atoms with E-state index in [1.165, 1.54) is 0 Å². The van der Waals surface area contributed by atoms with Crippen molar-refractivity contribution >= 4 is 55.2 Å². The van der Waals surface area contributed by atoms with Crippen LogP contribution in [0.4, 0.5) is 0 Å². The lowest BCUT2D eigenvalue weighted by Crippen LogP contribution is -2.42. The van der Waals surface area contributed by atoms with Gasteiger partial charge in [-0.3, -0.25) is 0 Å². The molecule has 0 spiro atoms. The lowest BCUT2D eigenvalue weighted by molar-refractivity contribution is 0.399. The number of H-pyrrole nitrogens is 2. The number of para-hydroxylation sites is 4. The highest BCUT2D eigenvalue weighted by molar-refractivity contribution is 6.66. The zero-order valence-corrected chi connectivity index (χ0v) is 24.8. The first-order valence-electron chi connectivity index (χ1n) is 13.9. The van der Waals surface area contributed by atoms with E-state index in [0.29, 0.717) is 11.5 Å². The Labute approximate surface area is 250 Å². The number of nitrogens with zero attached hydrogens (tertiary/aromatic N) is 4. The smallest absolute Gasteiger partial charge is 0.454 e. The first-order valence-corrected chi connectivity index (χ1v) is 16.7. The van der Waals surface area contributed by atoms with Crippen LogP contribution in [0.3, 0.4) is 0 Å². The minimum absolute atomic E-state index is 0.680. The topological polar surface area (TPSA) is 99.5 Å². The van der Waals surface area contributed by atoms with Crippen LogP contribution in [-0.2, 0) is 0 Å². The van der Waals surface area contributed by atoms with Crippen molar-refractivity contribution in [3.63, 3.8) is 0 Å². The van der Waals surface area contributed by atoms with Crippen molar-refractivity contribution in [3.8, 4) is 11.5 Å². The summed E-state index contributed by atoms with van der Waals surface area (Å²) < 4.78 is 12.9. The fourth-order valence-corrected chi connectivity index (χ4v) is 6.17. The van der Waals surface area contributed by atoms with Gasteiger partial charge < -0.3 is 18.8 Å². The summed E-state index contributed by atoms with van der Waals surface area (Å²) in [5, 5.41) is 19.3. The Morgan fingerprint density at radius 1 is 0.488 bits per heavy atom. The third kappa shape index (κ3) is 6.69. The molecule has 0 fully saturated rings. The standard InChI is InChI=1S/C34H30N6O2Si/c1-43(2,41-33-17-9-3-11-25(33)21-37-39-23-27-19-35-31-15-7-5-13-29(27)31)42-34-18-10-4-12-26(34)22-38-40-24-28-20-36-32-16-8-6-14-30(28)32/h3-24,35-36H,1-2H3/b37-21+,38-22+,39-23+,40-24+. The first-order chi connectivity index (χ1) is 21.1.